The summed E-state index contributed by atoms with van der Waals surface area (Å²) in [7, 11) is 0. The second kappa shape index (κ2) is 4.53. The van der Waals surface area contributed by atoms with Crippen molar-refractivity contribution >= 4 is 11.6 Å². The number of benzene rings is 2. The van der Waals surface area contributed by atoms with Crippen LogP contribution < -0.4 is 0 Å². The van der Waals surface area contributed by atoms with Gasteiger partial charge in [0, 0.05) is 28.2 Å². The van der Waals surface area contributed by atoms with Gasteiger partial charge in [0.2, 0.25) is 0 Å². The Kier molecular flexibility index (Phi) is 3.18. The smallest absolute Gasteiger partial charge is 0.198 e. The largest absolute Gasteiger partial charge is 0.507 e. The summed E-state index contributed by atoms with van der Waals surface area (Å²) in [6.45, 7) is 0. The van der Waals surface area contributed by atoms with Gasteiger partial charge in [-0.25, -0.2) is 0 Å². The maximum Gasteiger partial charge on any atom is 0.198 e. The topological polar surface area (TPSA) is 74.6 Å². The molecule has 2 aromatic carbocycles. The van der Waals surface area contributed by atoms with Crippen molar-refractivity contribution in [3.8, 4) is 11.5 Å². The molecule has 0 aromatic heterocycles. The molecule has 0 saturated carbocycles. The van der Waals surface area contributed by atoms with Crippen LogP contribution in [0.1, 0.15) is 31.8 Å². The van der Waals surface area contributed by atoms with Gasteiger partial charge in [-0.15, -0.1) is 0 Å². The number of carbonyl (C=O) groups is 2. The first-order valence-corrected chi connectivity index (χ1v) is 5.34. The third-order valence-electron chi connectivity index (χ3n) is 3.03. The first-order chi connectivity index (χ1) is 8.61. The van der Waals surface area contributed by atoms with Gasteiger partial charge in [0.1, 0.15) is 11.5 Å². The number of fused-ring (bicyclic) bond motifs is 2. The predicted molar refractivity (Wildman–Crippen MR) is 63.1 cm³/mol. The van der Waals surface area contributed by atoms with E-state index in [1.54, 1.807) is 0 Å². The maximum absolute atomic E-state index is 12.2. The van der Waals surface area contributed by atoms with Crippen LogP contribution in [0.2, 0.25) is 0 Å². The second-order valence-corrected chi connectivity index (χ2v) is 4.06. The van der Waals surface area contributed by atoms with Crippen LogP contribution in [0.3, 0.4) is 0 Å². The third kappa shape index (κ3) is 1.75. The van der Waals surface area contributed by atoms with Gasteiger partial charge < -0.3 is 10.2 Å². The Morgan fingerprint density at radius 3 is 1.42 bits per heavy atom. The monoisotopic (exact) mass is 303 g/mol. The van der Waals surface area contributed by atoms with E-state index in [4.69, 9.17) is 0 Å². The van der Waals surface area contributed by atoms with Crippen LogP contribution in [0.25, 0.3) is 0 Å². The first kappa shape index (κ1) is 13.3. The van der Waals surface area contributed by atoms with E-state index in [1.807, 2.05) is 0 Å². The Balaban J connectivity index is 0.00000133. The predicted octanol–water partition coefficient (Wildman–Crippen LogP) is 1.87. The molecule has 1 radical (unpaired) electrons. The van der Waals surface area contributed by atoms with Crippen LogP contribution in [0.4, 0.5) is 0 Å². The van der Waals surface area contributed by atoms with Crippen molar-refractivity contribution < 1.29 is 36.9 Å². The van der Waals surface area contributed by atoms with Crippen molar-refractivity contribution in [2.75, 3.05) is 0 Å². The number of aromatic hydroxyl groups is 2. The van der Waals surface area contributed by atoms with Crippen LogP contribution in [0.5, 0.6) is 11.5 Å². The van der Waals surface area contributed by atoms with E-state index in [0.717, 1.165) is 0 Å². The average molecular weight is 304 g/mol. The average Bonchev–Trinajstić information content (AvgIpc) is 2.35. The molecule has 19 heavy (non-hydrogen) atoms. The zero-order valence-corrected chi connectivity index (χ0v) is 10.4. The fraction of sp³-hybridized carbons (Fsp3) is 0. The van der Waals surface area contributed by atoms with Crippen molar-refractivity contribution in [3.05, 3.63) is 58.7 Å². The van der Waals surface area contributed by atoms with E-state index in [-0.39, 0.29) is 50.8 Å². The van der Waals surface area contributed by atoms with E-state index in [1.165, 1.54) is 36.4 Å². The molecule has 5 heteroatoms. The molecule has 0 heterocycles. The van der Waals surface area contributed by atoms with Crippen molar-refractivity contribution in [2.45, 2.75) is 0 Å². The van der Waals surface area contributed by atoms with Crippen LogP contribution in [0, 0.1) is 0 Å². The summed E-state index contributed by atoms with van der Waals surface area (Å²) in [4.78, 5) is 24.4. The molecule has 0 saturated heterocycles. The molecule has 0 aliphatic heterocycles. The van der Waals surface area contributed by atoms with E-state index in [9.17, 15) is 19.8 Å². The normalized spacial score (nSPS) is 12.4. The summed E-state index contributed by atoms with van der Waals surface area (Å²) in [5.74, 6) is -1.35. The standard InChI is InChI=1S/C14H8O4.Cu/c15-9-5-1-3-7-11(9)14(18)8-4-2-6-10(16)12(8)13(7)17;/h1-6,15-16H;. The zero-order chi connectivity index (χ0) is 12.9. The van der Waals surface area contributed by atoms with Gasteiger partial charge in [0.15, 0.2) is 11.6 Å². The fourth-order valence-electron chi connectivity index (χ4n) is 2.21. The summed E-state index contributed by atoms with van der Waals surface area (Å²) in [5.41, 5.74) is 0.240. The molecular weight excluding hydrogens is 296 g/mol. The number of phenols is 2. The molecule has 3 rings (SSSR count). The van der Waals surface area contributed by atoms with E-state index >= 15 is 0 Å². The summed E-state index contributed by atoms with van der Waals surface area (Å²) >= 11 is 0. The van der Waals surface area contributed by atoms with Gasteiger partial charge in [0.25, 0.3) is 0 Å². The van der Waals surface area contributed by atoms with E-state index in [2.05, 4.69) is 0 Å². The number of ketones is 2. The Morgan fingerprint density at radius 2 is 1.05 bits per heavy atom. The molecule has 0 spiro atoms. The zero-order valence-electron chi connectivity index (χ0n) is 9.48. The molecule has 0 amide bonds. The SMILES string of the molecule is O=C1c2cccc(O)c2C(=O)c2cccc(O)c21.[Cu]. The Bertz CT molecular complexity index is 645. The Morgan fingerprint density at radius 1 is 0.684 bits per heavy atom. The summed E-state index contributed by atoms with van der Waals surface area (Å²) < 4.78 is 0. The summed E-state index contributed by atoms with van der Waals surface area (Å²) in [5, 5.41) is 19.4. The number of rotatable bonds is 0. The molecule has 99 valence electrons. The van der Waals surface area contributed by atoms with Gasteiger partial charge in [-0.05, 0) is 12.1 Å². The van der Waals surface area contributed by atoms with Crippen molar-refractivity contribution in [3.63, 3.8) is 0 Å². The molecule has 0 fully saturated rings. The summed E-state index contributed by atoms with van der Waals surface area (Å²) in [6.07, 6.45) is 0. The molecule has 0 atom stereocenters. The molecule has 2 N–H and O–H groups in total. The number of carbonyl (C=O) groups excluding carboxylic acids is 2. The van der Waals surface area contributed by atoms with Gasteiger partial charge in [-0.1, -0.05) is 24.3 Å². The summed E-state index contributed by atoms with van der Waals surface area (Å²) in [6, 6.07) is 8.62. The van der Waals surface area contributed by atoms with E-state index in [0.29, 0.717) is 0 Å². The minimum absolute atomic E-state index is 0. The molecule has 2 aromatic rings. The Hall–Kier alpha value is -2.10. The van der Waals surface area contributed by atoms with Crippen molar-refractivity contribution in [1.29, 1.82) is 0 Å². The van der Waals surface area contributed by atoms with Gasteiger partial charge in [-0.2, -0.15) is 0 Å². The molecule has 1 aliphatic rings. The number of hydrogen-bond donors (Lipinski definition) is 2. The van der Waals surface area contributed by atoms with Crippen LogP contribution in [0.15, 0.2) is 36.4 Å². The first-order valence-electron chi connectivity index (χ1n) is 5.34. The molecule has 1 aliphatic carbocycles. The van der Waals surface area contributed by atoms with Crippen molar-refractivity contribution in [1.82, 2.24) is 0 Å². The van der Waals surface area contributed by atoms with Gasteiger partial charge in [-0.3, -0.25) is 9.59 Å². The third-order valence-corrected chi connectivity index (χ3v) is 3.03. The second-order valence-electron chi connectivity index (χ2n) is 4.06. The van der Waals surface area contributed by atoms with Gasteiger partial charge >= 0.3 is 0 Å². The minimum Gasteiger partial charge on any atom is -0.507 e. The van der Waals surface area contributed by atoms with Gasteiger partial charge in [0.05, 0.1) is 11.1 Å². The minimum atomic E-state index is -0.450. The Labute approximate surface area is 119 Å². The van der Waals surface area contributed by atoms with Crippen molar-refractivity contribution in [2.24, 2.45) is 0 Å². The molecule has 0 unspecified atom stereocenters. The quantitative estimate of drug-likeness (QED) is 0.622. The van der Waals surface area contributed by atoms with Crippen LogP contribution >= 0.6 is 0 Å². The molecule has 4 nitrogen and oxygen atoms in total. The fourth-order valence-corrected chi connectivity index (χ4v) is 2.21. The number of phenolic OH excluding ortho intramolecular Hbond substituents is 2. The van der Waals surface area contributed by atoms with Crippen LogP contribution in [-0.4, -0.2) is 21.8 Å². The molecule has 0 bridgehead atoms. The molecular formula is C14H8CuO4. The number of hydrogen-bond acceptors (Lipinski definition) is 4. The van der Waals surface area contributed by atoms with E-state index < -0.39 is 11.6 Å². The van der Waals surface area contributed by atoms with Crippen LogP contribution in [-0.2, 0) is 17.1 Å². The maximum atomic E-state index is 12.2.